The molecular formula is C10H10N2O3. The highest BCUT2D eigenvalue weighted by atomic mass is 16.5. The van der Waals surface area contributed by atoms with E-state index in [1.807, 2.05) is 12.1 Å². The minimum Gasteiger partial charge on any atom is -0.486 e. The molecule has 3 N–H and O–H groups in total. The molecule has 0 saturated heterocycles. The molecule has 2 rings (SSSR count). The monoisotopic (exact) mass is 206 g/mol. The van der Waals surface area contributed by atoms with E-state index in [0.717, 1.165) is 11.0 Å². The number of oxime groups is 1. The lowest BCUT2D eigenvalue weighted by Crippen LogP contribution is -2.20. The fourth-order valence-corrected chi connectivity index (χ4v) is 1.22. The summed E-state index contributed by atoms with van der Waals surface area (Å²) in [6.07, 6.45) is 1.61. The van der Waals surface area contributed by atoms with Crippen molar-refractivity contribution in [1.82, 2.24) is 0 Å². The van der Waals surface area contributed by atoms with Gasteiger partial charge < -0.3 is 20.1 Å². The standard InChI is InChI=1S/C10H10N2O3/c11-10(12-13)6-15-8-1-2-9-7(5-8)3-4-14-9/h1-5,13H,6H2,(H2,11,12). The smallest absolute Gasteiger partial charge is 0.177 e. The number of amidine groups is 1. The summed E-state index contributed by atoms with van der Waals surface area (Å²) in [6, 6.07) is 7.22. The molecule has 0 aliphatic rings. The molecule has 15 heavy (non-hydrogen) atoms. The Kier molecular flexibility index (Phi) is 2.45. The van der Waals surface area contributed by atoms with Gasteiger partial charge in [0.1, 0.15) is 17.9 Å². The van der Waals surface area contributed by atoms with Crippen LogP contribution in [0.5, 0.6) is 5.75 Å². The van der Waals surface area contributed by atoms with Crippen LogP contribution in [0.2, 0.25) is 0 Å². The lowest BCUT2D eigenvalue weighted by Gasteiger charge is -2.03. The highest BCUT2D eigenvalue weighted by Gasteiger charge is 2.00. The van der Waals surface area contributed by atoms with E-state index in [4.69, 9.17) is 20.1 Å². The Morgan fingerprint density at radius 2 is 2.33 bits per heavy atom. The molecule has 0 aliphatic heterocycles. The number of rotatable bonds is 3. The first-order chi connectivity index (χ1) is 7.29. The molecule has 5 nitrogen and oxygen atoms in total. The Bertz CT molecular complexity index is 490. The number of nitrogens with two attached hydrogens (primary N) is 1. The molecule has 5 heteroatoms. The maximum absolute atomic E-state index is 8.32. The van der Waals surface area contributed by atoms with Gasteiger partial charge in [-0.15, -0.1) is 0 Å². The van der Waals surface area contributed by atoms with Gasteiger partial charge in [-0.2, -0.15) is 0 Å². The van der Waals surface area contributed by atoms with Crippen LogP contribution in [-0.2, 0) is 0 Å². The summed E-state index contributed by atoms with van der Waals surface area (Å²) < 4.78 is 10.5. The summed E-state index contributed by atoms with van der Waals surface area (Å²) in [4.78, 5) is 0. The summed E-state index contributed by atoms with van der Waals surface area (Å²) in [5.74, 6) is 0.679. The van der Waals surface area contributed by atoms with Crippen LogP contribution in [0.3, 0.4) is 0 Å². The zero-order valence-electron chi connectivity index (χ0n) is 7.88. The van der Waals surface area contributed by atoms with E-state index >= 15 is 0 Å². The van der Waals surface area contributed by atoms with Crippen LogP contribution in [-0.4, -0.2) is 17.6 Å². The van der Waals surface area contributed by atoms with Crippen molar-refractivity contribution >= 4 is 16.8 Å². The maximum atomic E-state index is 8.32. The Morgan fingerprint density at radius 1 is 1.47 bits per heavy atom. The Hall–Kier alpha value is -2.17. The van der Waals surface area contributed by atoms with E-state index in [2.05, 4.69) is 5.16 Å². The number of ether oxygens (including phenoxy) is 1. The molecule has 0 aliphatic carbocycles. The minimum absolute atomic E-state index is 0.0299. The third-order valence-electron chi connectivity index (χ3n) is 1.94. The molecule has 0 bridgehead atoms. The van der Waals surface area contributed by atoms with E-state index in [1.54, 1.807) is 18.4 Å². The van der Waals surface area contributed by atoms with E-state index in [9.17, 15) is 0 Å². The van der Waals surface area contributed by atoms with Crippen molar-refractivity contribution in [2.45, 2.75) is 0 Å². The second-order valence-electron chi connectivity index (χ2n) is 3.00. The van der Waals surface area contributed by atoms with Crippen LogP contribution in [0.25, 0.3) is 11.0 Å². The van der Waals surface area contributed by atoms with E-state index < -0.39 is 0 Å². The van der Waals surface area contributed by atoms with Gasteiger partial charge >= 0.3 is 0 Å². The molecule has 1 aromatic carbocycles. The van der Waals surface area contributed by atoms with E-state index in [-0.39, 0.29) is 12.4 Å². The summed E-state index contributed by atoms with van der Waals surface area (Å²) in [7, 11) is 0. The molecule has 78 valence electrons. The first-order valence-electron chi connectivity index (χ1n) is 4.36. The van der Waals surface area contributed by atoms with Crippen LogP contribution in [0, 0.1) is 0 Å². The topological polar surface area (TPSA) is 81.0 Å². The molecule has 0 atom stereocenters. The van der Waals surface area contributed by atoms with Gasteiger partial charge in [0, 0.05) is 5.39 Å². The molecule has 0 amide bonds. The quantitative estimate of drug-likeness (QED) is 0.345. The predicted molar refractivity (Wildman–Crippen MR) is 55.1 cm³/mol. The van der Waals surface area contributed by atoms with E-state index in [0.29, 0.717) is 5.75 Å². The summed E-state index contributed by atoms with van der Waals surface area (Å²) in [5, 5.41) is 12.1. The van der Waals surface area contributed by atoms with Crippen molar-refractivity contribution in [3.63, 3.8) is 0 Å². The minimum atomic E-state index is 0.0299. The number of nitrogens with zero attached hydrogens (tertiary/aromatic N) is 1. The van der Waals surface area contributed by atoms with Gasteiger partial charge in [0.2, 0.25) is 0 Å². The zero-order chi connectivity index (χ0) is 10.7. The van der Waals surface area contributed by atoms with Crippen LogP contribution in [0.15, 0.2) is 40.1 Å². The van der Waals surface area contributed by atoms with Gasteiger partial charge in [0.15, 0.2) is 5.84 Å². The third kappa shape index (κ3) is 2.01. The molecule has 1 heterocycles. The first kappa shape index (κ1) is 9.39. The molecule has 0 saturated carbocycles. The van der Waals surface area contributed by atoms with Gasteiger partial charge in [-0.25, -0.2) is 0 Å². The number of fused-ring (bicyclic) bond motifs is 1. The van der Waals surface area contributed by atoms with Crippen LogP contribution in [0.4, 0.5) is 0 Å². The van der Waals surface area contributed by atoms with E-state index in [1.165, 1.54) is 0 Å². The molecule has 0 unspecified atom stereocenters. The van der Waals surface area contributed by atoms with Crippen molar-refractivity contribution < 1.29 is 14.4 Å². The van der Waals surface area contributed by atoms with Crippen LogP contribution in [0.1, 0.15) is 0 Å². The van der Waals surface area contributed by atoms with Crippen molar-refractivity contribution in [3.8, 4) is 5.75 Å². The highest BCUT2D eigenvalue weighted by molar-refractivity contribution is 5.81. The molecular weight excluding hydrogens is 196 g/mol. The lowest BCUT2D eigenvalue weighted by atomic mass is 10.2. The van der Waals surface area contributed by atoms with Crippen LogP contribution >= 0.6 is 0 Å². The molecule has 0 radical (unpaired) electrons. The van der Waals surface area contributed by atoms with Gasteiger partial charge in [-0.05, 0) is 24.3 Å². The second-order valence-corrected chi connectivity index (χ2v) is 3.00. The number of hydrogen-bond acceptors (Lipinski definition) is 4. The van der Waals surface area contributed by atoms with Crippen molar-refractivity contribution in [2.24, 2.45) is 10.9 Å². The van der Waals surface area contributed by atoms with Crippen molar-refractivity contribution in [1.29, 1.82) is 0 Å². The summed E-state index contributed by atoms with van der Waals surface area (Å²) >= 11 is 0. The molecule has 0 fully saturated rings. The summed E-state index contributed by atoms with van der Waals surface area (Å²) in [5.41, 5.74) is 6.07. The Balaban J connectivity index is 2.14. The fraction of sp³-hybridized carbons (Fsp3) is 0.100. The number of hydrogen-bond donors (Lipinski definition) is 2. The Labute approximate surface area is 85.7 Å². The SMILES string of the molecule is NC(COc1ccc2occc2c1)=NO. The average molecular weight is 206 g/mol. The third-order valence-corrected chi connectivity index (χ3v) is 1.94. The second kappa shape index (κ2) is 3.91. The van der Waals surface area contributed by atoms with Gasteiger partial charge in [-0.1, -0.05) is 5.16 Å². The van der Waals surface area contributed by atoms with Crippen LogP contribution < -0.4 is 10.5 Å². The first-order valence-corrected chi connectivity index (χ1v) is 4.36. The molecule has 0 spiro atoms. The Morgan fingerprint density at radius 3 is 3.13 bits per heavy atom. The molecule has 1 aromatic heterocycles. The average Bonchev–Trinajstić information content (AvgIpc) is 2.72. The van der Waals surface area contributed by atoms with Gasteiger partial charge in [-0.3, -0.25) is 0 Å². The zero-order valence-corrected chi connectivity index (χ0v) is 7.88. The highest BCUT2D eigenvalue weighted by Crippen LogP contribution is 2.21. The normalized spacial score (nSPS) is 11.9. The fourth-order valence-electron chi connectivity index (χ4n) is 1.22. The molecule has 2 aromatic rings. The lowest BCUT2D eigenvalue weighted by molar-refractivity contribution is 0.306. The van der Waals surface area contributed by atoms with Crippen molar-refractivity contribution in [2.75, 3.05) is 6.61 Å². The van der Waals surface area contributed by atoms with Gasteiger partial charge in [0.05, 0.1) is 6.26 Å². The van der Waals surface area contributed by atoms with Gasteiger partial charge in [0.25, 0.3) is 0 Å². The number of benzene rings is 1. The largest absolute Gasteiger partial charge is 0.486 e. The summed E-state index contributed by atoms with van der Waals surface area (Å²) in [6.45, 7) is 0.0554. The maximum Gasteiger partial charge on any atom is 0.177 e. The number of furan rings is 1. The van der Waals surface area contributed by atoms with Crippen molar-refractivity contribution in [3.05, 3.63) is 30.5 Å². The predicted octanol–water partition coefficient (Wildman–Crippen LogP) is 1.56.